The zero-order valence-corrected chi connectivity index (χ0v) is 11.4. The molecule has 0 atom stereocenters. The summed E-state index contributed by atoms with van der Waals surface area (Å²) in [7, 11) is 2.15. The van der Waals surface area contributed by atoms with E-state index in [2.05, 4.69) is 48.6 Å². The van der Waals surface area contributed by atoms with Crippen molar-refractivity contribution in [2.75, 3.05) is 30.9 Å². The molecule has 4 N–H and O–H groups in total. The van der Waals surface area contributed by atoms with Gasteiger partial charge in [0.25, 0.3) is 0 Å². The third kappa shape index (κ3) is 3.27. The van der Waals surface area contributed by atoms with E-state index in [1.807, 2.05) is 0 Å². The lowest BCUT2D eigenvalue weighted by molar-refractivity contribution is 0.263. The molecule has 7 heteroatoms. The monoisotopic (exact) mass is 300 g/mol. The van der Waals surface area contributed by atoms with Gasteiger partial charge >= 0.3 is 0 Å². The van der Waals surface area contributed by atoms with E-state index in [0.29, 0.717) is 12.0 Å². The van der Waals surface area contributed by atoms with Crippen molar-refractivity contribution in [2.24, 2.45) is 5.84 Å². The van der Waals surface area contributed by atoms with Gasteiger partial charge in [0.05, 0.1) is 4.47 Å². The summed E-state index contributed by atoms with van der Waals surface area (Å²) in [6.07, 6.45) is 3.94. The summed E-state index contributed by atoms with van der Waals surface area (Å²) in [5, 5.41) is 3.42. The van der Waals surface area contributed by atoms with E-state index in [9.17, 15) is 0 Å². The fourth-order valence-corrected chi connectivity index (χ4v) is 2.19. The number of nitrogens with one attached hydrogen (secondary N) is 2. The quantitative estimate of drug-likeness (QED) is 0.572. The minimum absolute atomic E-state index is 0.420. The molecule has 0 unspecified atom stereocenters. The molecule has 0 saturated carbocycles. The van der Waals surface area contributed by atoms with E-state index in [1.165, 1.54) is 0 Å². The molecule has 2 rings (SSSR count). The molecule has 0 aromatic carbocycles. The molecule has 6 nitrogen and oxygen atoms in total. The second-order valence-electron chi connectivity index (χ2n) is 4.26. The lowest BCUT2D eigenvalue weighted by Crippen LogP contribution is -2.37. The standard InChI is InChI=1S/C10H17BrN6/c1-17-4-2-7(3-5-17)14-9-8(11)6-13-10(15-9)16-12/h6-7H,2-5,12H2,1H3,(H2,13,14,15,16). The van der Waals surface area contributed by atoms with Gasteiger partial charge < -0.3 is 10.2 Å². The van der Waals surface area contributed by atoms with Crippen LogP contribution in [0.25, 0.3) is 0 Å². The van der Waals surface area contributed by atoms with Crippen LogP contribution in [0.4, 0.5) is 11.8 Å². The summed E-state index contributed by atoms with van der Waals surface area (Å²) in [5.41, 5.74) is 2.45. The topological polar surface area (TPSA) is 79.1 Å². The summed E-state index contributed by atoms with van der Waals surface area (Å²) in [5.74, 6) is 6.51. The maximum absolute atomic E-state index is 5.30. The first-order valence-electron chi connectivity index (χ1n) is 5.63. The highest BCUT2D eigenvalue weighted by molar-refractivity contribution is 9.10. The van der Waals surface area contributed by atoms with E-state index in [4.69, 9.17) is 5.84 Å². The van der Waals surface area contributed by atoms with Crippen LogP contribution in [-0.4, -0.2) is 41.0 Å². The van der Waals surface area contributed by atoms with Crippen LogP contribution in [0.3, 0.4) is 0 Å². The summed E-state index contributed by atoms with van der Waals surface area (Å²) < 4.78 is 0.857. The first kappa shape index (κ1) is 12.5. The van der Waals surface area contributed by atoms with E-state index < -0.39 is 0 Å². The highest BCUT2D eigenvalue weighted by Crippen LogP contribution is 2.22. The van der Waals surface area contributed by atoms with Crippen molar-refractivity contribution in [3.63, 3.8) is 0 Å². The van der Waals surface area contributed by atoms with E-state index in [0.717, 1.165) is 36.2 Å². The van der Waals surface area contributed by atoms with Crippen molar-refractivity contribution >= 4 is 27.7 Å². The SMILES string of the molecule is CN1CCC(Nc2nc(NN)ncc2Br)CC1. The number of hydrazine groups is 1. The molecule has 1 fully saturated rings. The molecule has 94 valence electrons. The summed E-state index contributed by atoms with van der Waals surface area (Å²) in [6, 6.07) is 0.461. The smallest absolute Gasteiger partial charge is 0.239 e. The van der Waals surface area contributed by atoms with Crippen LogP contribution >= 0.6 is 15.9 Å². The van der Waals surface area contributed by atoms with Crippen LogP contribution in [0.5, 0.6) is 0 Å². The summed E-state index contributed by atoms with van der Waals surface area (Å²) >= 11 is 3.43. The van der Waals surface area contributed by atoms with E-state index in [-0.39, 0.29) is 0 Å². The Bertz CT molecular complexity index is 377. The maximum Gasteiger partial charge on any atom is 0.239 e. The molecule has 0 radical (unpaired) electrons. The molecule has 0 amide bonds. The van der Waals surface area contributed by atoms with Crippen molar-refractivity contribution in [2.45, 2.75) is 18.9 Å². The number of piperidine rings is 1. The van der Waals surface area contributed by atoms with Crippen molar-refractivity contribution in [1.29, 1.82) is 0 Å². The molecule has 0 aliphatic carbocycles. The Balaban J connectivity index is 2.02. The number of hydrogen-bond acceptors (Lipinski definition) is 6. The van der Waals surface area contributed by atoms with Crippen molar-refractivity contribution in [3.05, 3.63) is 10.7 Å². The fourth-order valence-electron chi connectivity index (χ4n) is 1.88. The van der Waals surface area contributed by atoms with E-state index in [1.54, 1.807) is 6.20 Å². The maximum atomic E-state index is 5.30. The Kier molecular flexibility index (Phi) is 4.14. The van der Waals surface area contributed by atoms with Crippen LogP contribution < -0.4 is 16.6 Å². The summed E-state index contributed by atoms with van der Waals surface area (Å²) in [4.78, 5) is 10.6. The number of nitrogens with zero attached hydrogens (tertiary/aromatic N) is 3. The number of nitrogen functional groups attached to an aromatic ring is 1. The second kappa shape index (κ2) is 5.61. The second-order valence-corrected chi connectivity index (χ2v) is 5.11. The Morgan fingerprint density at radius 2 is 2.18 bits per heavy atom. The third-order valence-electron chi connectivity index (χ3n) is 2.93. The Hall–Kier alpha value is -0.920. The lowest BCUT2D eigenvalue weighted by atomic mass is 10.1. The molecule has 17 heavy (non-hydrogen) atoms. The predicted molar refractivity (Wildman–Crippen MR) is 71.7 cm³/mol. The Morgan fingerprint density at radius 1 is 1.47 bits per heavy atom. The molecule has 1 saturated heterocycles. The van der Waals surface area contributed by atoms with E-state index >= 15 is 0 Å². The van der Waals surface area contributed by atoms with Gasteiger partial charge in [-0.15, -0.1) is 0 Å². The van der Waals surface area contributed by atoms with Gasteiger partial charge in [-0.2, -0.15) is 4.98 Å². The largest absolute Gasteiger partial charge is 0.366 e. The van der Waals surface area contributed by atoms with Gasteiger partial charge in [-0.1, -0.05) is 0 Å². The van der Waals surface area contributed by atoms with Gasteiger partial charge in [0.1, 0.15) is 5.82 Å². The number of halogens is 1. The van der Waals surface area contributed by atoms with Gasteiger partial charge in [-0.05, 0) is 48.9 Å². The molecule has 1 aliphatic rings. The minimum Gasteiger partial charge on any atom is -0.366 e. The molecule has 2 heterocycles. The number of likely N-dealkylation sites (tertiary alicyclic amines) is 1. The number of anilines is 2. The molecule has 1 aromatic heterocycles. The summed E-state index contributed by atoms with van der Waals surface area (Å²) in [6.45, 7) is 2.23. The Morgan fingerprint density at radius 3 is 2.82 bits per heavy atom. The number of rotatable bonds is 3. The van der Waals surface area contributed by atoms with Gasteiger partial charge in [-0.3, -0.25) is 5.43 Å². The predicted octanol–water partition coefficient (Wildman–Crippen LogP) is 1.03. The highest BCUT2D eigenvalue weighted by atomic mass is 79.9. The van der Waals surface area contributed by atoms with Crippen molar-refractivity contribution in [1.82, 2.24) is 14.9 Å². The first-order valence-corrected chi connectivity index (χ1v) is 6.42. The minimum atomic E-state index is 0.420. The first-order chi connectivity index (χ1) is 8.19. The zero-order chi connectivity index (χ0) is 12.3. The molecule has 0 spiro atoms. The molecule has 0 bridgehead atoms. The van der Waals surface area contributed by atoms with Crippen LogP contribution in [0.1, 0.15) is 12.8 Å². The average molecular weight is 301 g/mol. The third-order valence-corrected chi connectivity index (χ3v) is 3.51. The van der Waals surface area contributed by atoms with Gasteiger partial charge in [0.15, 0.2) is 0 Å². The van der Waals surface area contributed by atoms with Crippen LogP contribution in [0.2, 0.25) is 0 Å². The molecular weight excluding hydrogens is 284 g/mol. The zero-order valence-electron chi connectivity index (χ0n) is 9.78. The number of hydrogen-bond donors (Lipinski definition) is 3. The van der Waals surface area contributed by atoms with Gasteiger partial charge in [0.2, 0.25) is 5.95 Å². The number of nitrogens with two attached hydrogens (primary N) is 1. The van der Waals surface area contributed by atoms with Crippen LogP contribution in [0.15, 0.2) is 10.7 Å². The Labute approximate surface area is 109 Å². The fraction of sp³-hybridized carbons (Fsp3) is 0.600. The normalized spacial score (nSPS) is 18.1. The highest BCUT2D eigenvalue weighted by Gasteiger charge is 2.17. The molecule has 1 aliphatic heterocycles. The van der Waals surface area contributed by atoms with Crippen LogP contribution in [-0.2, 0) is 0 Å². The van der Waals surface area contributed by atoms with Crippen molar-refractivity contribution in [3.8, 4) is 0 Å². The van der Waals surface area contributed by atoms with Crippen LogP contribution in [0, 0.1) is 0 Å². The molecule has 1 aromatic rings. The van der Waals surface area contributed by atoms with Crippen molar-refractivity contribution < 1.29 is 0 Å². The van der Waals surface area contributed by atoms with Gasteiger partial charge in [0, 0.05) is 12.2 Å². The van der Waals surface area contributed by atoms with Gasteiger partial charge in [-0.25, -0.2) is 10.8 Å². The lowest BCUT2D eigenvalue weighted by Gasteiger charge is -2.30. The molecular formula is C10H17BrN6. The average Bonchev–Trinajstić information content (AvgIpc) is 2.35. The number of aromatic nitrogens is 2.